The molecule has 1 aromatic carbocycles. The summed E-state index contributed by atoms with van der Waals surface area (Å²) in [5.74, 6) is 0.294. The Morgan fingerprint density at radius 2 is 2.17 bits per heavy atom. The molecule has 0 aromatic heterocycles. The summed E-state index contributed by atoms with van der Waals surface area (Å²) < 4.78 is 0. The lowest BCUT2D eigenvalue weighted by Gasteiger charge is -2.20. The molecule has 0 unspecified atom stereocenters. The maximum atomic E-state index is 11.7. The van der Waals surface area contributed by atoms with Gasteiger partial charge in [0.1, 0.15) is 5.75 Å². The van der Waals surface area contributed by atoms with E-state index in [1.807, 2.05) is 37.8 Å². The highest BCUT2D eigenvalue weighted by atomic mass is 16.3. The number of amides is 1. The van der Waals surface area contributed by atoms with E-state index in [2.05, 4.69) is 5.32 Å². The first kappa shape index (κ1) is 14.5. The Morgan fingerprint density at radius 1 is 1.44 bits per heavy atom. The quantitative estimate of drug-likeness (QED) is 0.808. The van der Waals surface area contributed by atoms with Crippen LogP contribution in [0.5, 0.6) is 5.75 Å². The normalized spacial score (nSPS) is 10.9. The molecule has 1 rings (SSSR count). The van der Waals surface area contributed by atoms with Gasteiger partial charge < -0.3 is 10.4 Å². The molecule has 2 N–H and O–H groups in total. The SMILES string of the molecule is CCN(CC(=O)NC(C)C)Cc1cccc(O)c1. The van der Waals surface area contributed by atoms with Gasteiger partial charge in [0, 0.05) is 12.6 Å². The van der Waals surface area contributed by atoms with Crippen LogP contribution in [0.4, 0.5) is 0 Å². The van der Waals surface area contributed by atoms with Crippen molar-refractivity contribution in [3.05, 3.63) is 29.8 Å². The van der Waals surface area contributed by atoms with Crippen molar-refractivity contribution in [1.29, 1.82) is 0 Å². The van der Waals surface area contributed by atoms with Gasteiger partial charge in [-0.05, 0) is 38.1 Å². The smallest absolute Gasteiger partial charge is 0.234 e. The number of carbonyl (C=O) groups excluding carboxylic acids is 1. The molecule has 0 bridgehead atoms. The Labute approximate surface area is 109 Å². The van der Waals surface area contributed by atoms with Gasteiger partial charge in [0.25, 0.3) is 0 Å². The van der Waals surface area contributed by atoms with Gasteiger partial charge in [0.05, 0.1) is 6.54 Å². The van der Waals surface area contributed by atoms with Crippen molar-refractivity contribution in [2.75, 3.05) is 13.1 Å². The Morgan fingerprint density at radius 3 is 2.72 bits per heavy atom. The molecular formula is C14H22N2O2. The first-order valence-corrected chi connectivity index (χ1v) is 6.31. The van der Waals surface area contributed by atoms with E-state index in [9.17, 15) is 9.90 Å². The Hall–Kier alpha value is -1.55. The van der Waals surface area contributed by atoms with Gasteiger partial charge in [-0.3, -0.25) is 9.69 Å². The second kappa shape index (κ2) is 7.01. The molecular weight excluding hydrogens is 228 g/mol. The van der Waals surface area contributed by atoms with Crippen LogP contribution in [-0.2, 0) is 11.3 Å². The average molecular weight is 250 g/mol. The Bertz CT molecular complexity index is 391. The highest BCUT2D eigenvalue weighted by molar-refractivity contribution is 5.78. The summed E-state index contributed by atoms with van der Waals surface area (Å²) in [6.07, 6.45) is 0. The van der Waals surface area contributed by atoms with Crippen LogP contribution in [0.1, 0.15) is 26.3 Å². The van der Waals surface area contributed by atoms with Crippen LogP contribution < -0.4 is 5.32 Å². The molecule has 1 aromatic rings. The highest BCUT2D eigenvalue weighted by Crippen LogP contribution is 2.12. The minimum atomic E-state index is 0.0343. The molecule has 0 aliphatic heterocycles. The van der Waals surface area contributed by atoms with Crippen molar-refractivity contribution in [2.45, 2.75) is 33.4 Å². The summed E-state index contributed by atoms with van der Waals surface area (Å²) in [6, 6.07) is 7.29. The molecule has 0 aliphatic carbocycles. The number of aromatic hydroxyl groups is 1. The summed E-state index contributed by atoms with van der Waals surface area (Å²) >= 11 is 0. The molecule has 0 aliphatic rings. The molecule has 4 nitrogen and oxygen atoms in total. The van der Waals surface area contributed by atoms with Crippen molar-refractivity contribution >= 4 is 5.91 Å². The van der Waals surface area contributed by atoms with Gasteiger partial charge in [-0.15, -0.1) is 0 Å². The summed E-state index contributed by atoms with van der Waals surface area (Å²) in [7, 11) is 0. The van der Waals surface area contributed by atoms with Gasteiger partial charge in [0.15, 0.2) is 0 Å². The number of hydrogen-bond acceptors (Lipinski definition) is 3. The number of phenols is 1. The van der Waals surface area contributed by atoms with Crippen LogP contribution in [0.25, 0.3) is 0 Å². The third-order valence-electron chi connectivity index (χ3n) is 2.58. The number of hydrogen-bond donors (Lipinski definition) is 2. The van der Waals surface area contributed by atoms with Crippen LogP contribution >= 0.6 is 0 Å². The first-order valence-electron chi connectivity index (χ1n) is 6.31. The summed E-state index contributed by atoms with van der Waals surface area (Å²) in [5, 5.41) is 12.3. The van der Waals surface area contributed by atoms with E-state index in [0.717, 1.165) is 12.1 Å². The van der Waals surface area contributed by atoms with E-state index in [4.69, 9.17) is 0 Å². The number of rotatable bonds is 6. The van der Waals surface area contributed by atoms with E-state index in [-0.39, 0.29) is 17.7 Å². The maximum absolute atomic E-state index is 11.7. The molecule has 0 heterocycles. The molecule has 18 heavy (non-hydrogen) atoms. The fraction of sp³-hybridized carbons (Fsp3) is 0.500. The maximum Gasteiger partial charge on any atom is 0.234 e. The minimum absolute atomic E-state index is 0.0343. The fourth-order valence-corrected chi connectivity index (χ4v) is 1.76. The Balaban J connectivity index is 2.54. The number of carbonyl (C=O) groups is 1. The molecule has 0 fully saturated rings. The molecule has 0 saturated carbocycles. The van der Waals surface area contributed by atoms with Crippen LogP contribution in [0.2, 0.25) is 0 Å². The molecule has 4 heteroatoms. The molecule has 1 amide bonds. The topological polar surface area (TPSA) is 52.6 Å². The van der Waals surface area contributed by atoms with E-state index in [1.165, 1.54) is 0 Å². The lowest BCUT2D eigenvalue weighted by Crippen LogP contribution is -2.39. The number of likely N-dealkylation sites (N-methyl/N-ethyl adjacent to an activating group) is 1. The lowest BCUT2D eigenvalue weighted by atomic mass is 10.2. The molecule has 100 valence electrons. The molecule has 0 atom stereocenters. The van der Waals surface area contributed by atoms with Crippen molar-refractivity contribution in [1.82, 2.24) is 10.2 Å². The number of phenolic OH excluding ortho intramolecular Hbond substituents is 1. The Kier molecular flexibility index (Phi) is 5.65. The van der Waals surface area contributed by atoms with Crippen LogP contribution in [0, 0.1) is 0 Å². The van der Waals surface area contributed by atoms with Crippen LogP contribution in [0.15, 0.2) is 24.3 Å². The zero-order valence-corrected chi connectivity index (χ0v) is 11.3. The monoisotopic (exact) mass is 250 g/mol. The van der Waals surface area contributed by atoms with Crippen LogP contribution in [0.3, 0.4) is 0 Å². The van der Waals surface area contributed by atoms with E-state index >= 15 is 0 Å². The third-order valence-corrected chi connectivity index (χ3v) is 2.58. The second-order valence-electron chi connectivity index (χ2n) is 4.70. The minimum Gasteiger partial charge on any atom is -0.508 e. The van der Waals surface area contributed by atoms with Gasteiger partial charge >= 0.3 is 0 Å². The molecule has 0 radical (unpaired) electrons. The average Bonchev–Trinajstić information content (AvgIpc) is 2.27. The molecule has 0 saturated heterocycles. The van der Waals surface area contributed by atoms with Crippen molar-refractivity contribution in [3.63, 3.8) is 0 Å². The first-order chi connectivity index (χ1) is 8.51. The number of nitrogens with zero attached hydrogens (tertiary/aromatic N) is 1. The third kappa shape index (κ3) is 5.19. The standard InChI is InChI=1S/C14H22N2O2/c1-4-16(10-14(18)15-11(2)3)9-12-6-5-7-13(17)8-12/h5-8,11,17H,4,9-10H2,1-3H3,(H,15,18). The second-order valence-corrected chi connectivity index (χ2v) is 4.70. The van der Waals surface area contributed by atoms with Crippen molar-refractivity contribution in [3.8, 4) is 5.75 Å². The molecule has 0 spiro atoms. The number of nitrogens with one attached hydrogen (secondary N) is 1. The van der Waals surface area contributed by atoms with Crippen molar-refractivity contribution in [2.24, 2.45) is 0 Å². The number of benzene rings is 1. The zero-order chi connectivity index (χ0) is 13.5. The van der Waals surface area contributed by atoms with E-state index < -0.39 is 0 Å². The van der Waals surface area contributed by atoms with Gasteiger partial charge in [-0.25, -0.2) is 0 Å². The largest absolute Gasteiger partial charge is 0.508 e. The zero-order valence-electron chi connectivity index (χ0n) is 11.3. The highest BCUT2D eigenvalue weighted by Gasteiger charge is 2.10. The van der Waals surface area contributed by atoms with E-state index in [1.54, 1.807) is 12.1 Å². The predicted octanol–water partition coefficient (Wildman–Crippen LogP) is 1.74. The summed E-state index contributed by atoms with van der Waals surface area (Å²) in [5.41, 5.74) is 1.01. The van der Waals surface area contributed by atoms with Gasteiger partial charge in [0.2, 0.25) is 5.91 Å². The lowest BCUT2D eigenvalue weighted by molar-refractivity contribution is -0.122. The van der Waals surface area contributed by atoms with Crippen molar-refractivity contribution < 1.29 is 9.90 Å². The predicted molar refractivity (Wildman–Crippen MR) is 72.3 cm³/mol. The summed E-state index contributed by atoms with van der Waals surface area (Å²) in [4.78, 5) is 13.7. The van der Waals surface area contributed by atoms with E-state index in [0.29, 0.717) is 13.1 Å². The van der Waals surface area contributed by atoms with Gasteiger partial charge in [-0.1, -0.05) is 19.1 Å². The van der Waals surface area contributed by atoms with Crippen LogP contribution in [-0.4, -0.2) is 35.0 Å². The van der Waals surface area contributed by atoms with Gasteiger partial charge in [-0.2, -0.15) is 0 Å². The summed E-state index contributed by atoms with van der Waals surface area (Å²) in [6.45, 7) is 7.75. The fourth-order valence-electron chi connectivity index (χ4n) is 1.76.